The molecule has 0 saturated heterocycles. The number of carboxylic acids is 1. The average molecular weight is 272 g/mol. The summed E-state index contributed by atoms with van der Waals surface area (Å²) in [6, 6.07) is 12.5. The molecule has 0 fully saturated rings. The fourth-order valence-electron chi connectivity index (χ4n) is 1.62. The van der Waals surface area contributed by atoms with Gasteiger partial charge in [0.05, 0.1) is 12.7 Å². The molecule has 0 radical (unpaired) electrons. The van der Waals surface area contributed by atoms with Crippen LogP contribution in [0.3, 0.4) is 0 Å². The van der Waals surface area contributed by atoms with Crippen molar-refractivity contribution in [3.05, 3.63) is 59.7 Å². The monoisotopic (exact) mass is 272 g/mol. The Balaban J connectivity index is 2.32. The lowest BCUT2D eigenvalue weighted by molar-refractivity contribution is 0.0681. The van der Waals surface area contributed by atoms with Crippen molar-refractivity contribution < 1.29 is 24.2 Å². The Morgan fingerprint density at radius 3 is 2.35 bits per heavy atom. The zero-order chi connectivity index (χ0) is 14.5. The van der Waals surface area contributed by atoms with E-state index in [0.717, 1.165) is 0 Å². The molecule has 0 aromatic heterocycles. The van der Waals surface area contributed by atoms with Gasteiger partial charge in [-0.15, -0.1) is 0 Å². The number of hydrogen-bond acceptors (Lipinski definition) is 4. The molecule has 0 unspecified atom stereocenters. The maximum Gasteiger partial charge on any atom is 0.343 e. The summed E-state index contributed by atoms with van der Waals surface area (Å²) in [5, 5.41) is 9.08. The fraction of sp³-hybridized carbons (Fsp3) is 0.0667. The van der Waals surface area contributed by atoms with E-state index in [1.807, 2.05) is 0 Å². The van der Waals surface area contributed by atoms with Crippen LogP contribution < -0.4 is 9.47 Å². The standard InChI is InChI=1S/C15H12O5/c1-19-11-7-8-12(14(16)17)13(9-11)20-15(18)10-5-3-2-4-6-10/h2-9H,1H3,(H,16,17). The number of benzene rings is 2. The van der Waals surface area contributed by atoms with Crippen molar-refractivity contribution in [2.45, 2.75) is 0 Å². The first kappa shape index (κ1) is 13.6. The van der Waals surface area contributed by atoms with Gasteiger partial charge < -0.3 is 14.6 Å². The Morgan fingerprint density at radius 1 is 1.05 bits per heavy atom. The lowest BCUT2D eigenvalue weighted by Crippen LogP contribution is -2.11. The highest BCUT2D eigenvalue weighted by atomic mass is 16.5. The van der Waals surface area contributed by atoms with E-state index in [-0.39, 0.29) is 11.3 Å². The minimum atomic E-state index is -1.18. The van der Waals surface area contributed by atoms with Gasteiger partial charge in [-0.1, -0.05) is 18.2 Å². The summed E-state index contributed by atoms with van der Waals surface area (Å²) < 4.78 is 10.1. The highest BCUT2D eigenvalue weighted by Gasteiger charge is 2.16. The molecular formula is C15H12O5. The molecule has 2 aromatic carbocycles. The Morgan fingerprint density at radius 2 is 1.75 bits per heavy atom. The van der Waals surface area contributed by atoms with Gasteiger partial charge in [-0.2, -0.15) is 0 Å². The number of aromatic carboxylic acids is 1. The van der Waals surface area contributed by atoms with Gasteiger partial charge in [-0.25, -0.2) is 9.59 Å². The summed E-state index contributed by atoms with van der Waals surface area (Å²) >= 11 is 0. The second-order valence-corrected chi connectivity index (χ2v) is 3.92. The van der Waals surface area contributed by atoms with Crippen molar-refractivity contribution >= 4 is 11.9 Å². The first-order valence-electron chi connectivity index (χ1n) is 5.80. The maximum atomic E-state index is 11.9. The predicted octanol–water partition coefficient (Wildman–Crippen LogP) is 2.61. The number of methoxy groups -OCH3 is 1. The Kier molecular flexibility index (Phi) is 4.00. The quantitative estimate of drug-likeness (QED) is 0.684. The van der Waals surface area contributed by atoms with Crippen LogP contribution in [-0.4, -0.2) is 24.2 Å². The summed E-state index contributed by atoms with van der Waals surface area (Å²) in [5.41, 5.74) is 0.238. The van der Waals surface area contributed by atoms with Gasteiger partial charge in [0.1, 0.15) is 17.1 Å². The van der Waals surface area contributed by atoms with Crippen molar-refractivity contribution in [1.82, 2.24) is 0 Å². The largest absolute Gasteiger partial charge is 0.497 e. The highest BCUT2D eigenvalue weighted by molar-refractivity contribution is 5.95. The van der Waals surface area contributed by atoms with Crippen LogP contribution in [0.5, 0.6) is 11.5 Å². The predicted molar refractivity (Wildman–Crippen MR) is 71.4 cm³/mol. The van der Waals surface area contributed by atoms with Gasteiger partial charge in [-0.05, 0) is 24.3 Å². The van der Waals surface area contributed by atoms with Crippen LogP contribution in [0.1, 0.15) is 20.7 Å². The normalized spacial score (nSPS) is 9.85. The highest BCUT2D eigenvalue weighted by Crippen LogP contribution is 2.25. The zero-order valence-corrected chi connectivity index (χ0v) is 10.7. The van der Waals surface area contributed by atoms with Crippen LogP contribution in [0, 0.1) is 0 Å². The van der Waals surface area contributed by atoms with Crippen molar-refractivity contribution in [1.29, 1.82) is 0 Å². The molecule has 0 atom stereocenters. The molecule has 0 bridgehead atoms. The zero-order valence-electron chi connectivity index (χ0n) is 10.7. The molecule has 0 saturated carbocycles. The molecule has 0 spiro atoms. The molecule has 20 heavy (non-hydrogen) atoms. The SMILES string of the molecule is COc1ccc(C(=O)O)c(OC(=O)c2ccccc2)c1. The van der Waals surface area contributed by atoms with Crippen LogP contribution in [0.4, 0.5) is 0 Å². The summed E-state index contributed by atoms with van der Waals surface area (Å²) in [5.74, 6) is -1.44. The number of carbonyl (C=O) groups excluding carboxylic acids is 1. The van der Waals surface area contributed by atoms with Crippen molar-refractivity contribution in [3.63, 3.8) is 0 Å². The van der Waals surface area contributed by atoms with Gasteiger partial charge in [-0.3, -0.25) is 0 Å². The molecule has 5 nitrogen and oxygen atoms in total. The van der Waals surface area contributed by atoms with E-state index in [1.54, 1.807) is 30.3 Å². The minimum Gasteiger partial charge on any atom is -0.497 e. The lowest BCUT2D eigenvalue weighted by Gasteiger charge is -2.09. The van der Waals surface area contributed by atoms with E-state index in [9.17, 15) is 9.59 Å². The van der Waals surface area contributed by atoms with Gasteiger partial charge in [0.15, 0.2) is 0 Å². The van der Waals surface area contributed by atoms with Gasteiger partial charge in [0, 0.05) is 6.07 Å². The topological polar surface area (TPSA) is 72.8 Å². The van der Waals surface area contributed by atoms with Gasteiger partial charge in [0.25, 0.3) is 0 Å². The summed E-state index contributed by atoms with van der Waals surface area (Å²) in [6.07, 6.45) is 0. The Bertz CT molecular complexity index is 634. The van der Waals surface area contributed by atoms with Gasteiger partial charge in [0.2, 0.25) is 0 Å². The first-order chi connectivity index (χ1) is 9.61. The van der Waals surface area contributed by atoms with Crippen LogP contribution >= 0.6 is 0 Å². The van der Waals surface area contributed by atoms with E-state index in [4.69, 9.17) is 14.6 Å². The van der Waals surface area contributed by atoms with Gasteiger partial charge >= 0.3 is 11.9 Å². The number of carbonyl (C=O) groups is 2. The molecule has 102 valence electrons. The number of esters is 1. The first-order valence-corrected chi connectivity index (χ1v) is 5.80. The Labute approximate surface area is 115 Å². The molecule has 0 aliphatic heterocycles. The van der Waals surface area contributed by atoms with Crippen molar-refractivity contribution in [3.8, 4) is 11.5 Å². The molecule has 0 amide bonds. The number of hydrogen-bond donors (Lipinski definition) is 1. The third kappa shape index (κ3) is 2.95. The average Bonchev–Trinajstić information content (AvgIpc) is 2.47. The van der Waals surface area contributed by atoms with Crippen LogP contribution in [0.25, 0.3) is 0 Å². The van der Waals surface area contributed by atoms with Crippen LogP contribution in [0.15, 0.2) is 48.5 Å². The maximum absolute atomic E-state index is 11.9. The van der Waals surface area contributed by atoms with Crippen LogP contribution in [-0.2, 0) is 0 Å². The summed E-state index contributed by atoms with van der Waals surface area (Å²) in [6.45, 7) is 0. The summed E-state index contributed by atoms with van der Waals surface area (Å²) in [7, 11) is 1.44. The third-order valence-electron chi connectivity index (χ3n) is 2.63. The molecule has 0 aliphatic carbocycles. The minimum absolute atomic E-state index is 0.0503. The van der Waals surface area contributed by atoms with Crippen molar-refractivity contribution in [2.75, 3.05) is 7.11 Å². The summed E-state index contributed by atoms with van der Waals surface area (Å²) in [4.78, 5) is 23.0. The molecule has 5 heteroatoms. The van der Waals surface area contributed by atoms with E-state index < -0.39 is 11.9 Å². The lowest BCUT2D eigenvalue weighted by atomic mass is 10.2. The Hall–Kier alpha value is -2.82. The van der Waals surface area contributed by atoms with E-state index >= 15 is 0 Å². The molecule has 2 aromatic rings. The third-order valence-corrected chi connectivity index (χ3v) is 2.63. The second kappa shape index (κ2) is 5.88. The molecule has 0 heterocycles. The van der Waals surface area contributed by atoms with E-state index in [2.05, 4.69) is 0 Å². The molecular weight excluding hydrogens is 260 g/mol. The molecule has 1 N–H and O–H groups in total. The van der Waals surface area contributed by atoms with Crippen molar-refractivity contribution in [2.24, 2.45) is 0 Å². The van der Waals surface area contributed by atoms with Crippen LogP contribution in [0.2, 0.25) is 0 Å². The smallest absolute Gasteiger partial charge is 0.343 e. The fourth-order valence-corrected chi connectivity index (χ4v) is 1.62. The number of rotatable bonds is 4. The molecule has 0 aliphatic rings. The molecule has 2 rings (SSSR count). The van der Waals surface area contributed by atoms with E-state index in [0.29, 0.717) is 11.3 Å². The second-order valence-electron chi connectivity index (χ2n) is 3.92. The van der Waals surface area contributed by atoms with E-state index in [1.165, 1.54) is 25.3 Å². The number of carboxylic acid groups (broad SMARTS) is 1. The number of ether oxygens (including phenoxy) is 2.